The van der Waals surface area contributed by atoms with Crippen molar-refractivity contribution in [3.8, 4) is 0 Å². The molecule has 2 N–H and O–H groups in total. The van der Waals surface area contributed by atoms with E-state index in [4.69, 9.17) is 15.2 Å². The van der Waals surface area contributed by atoms with Gasteiger partial charge < -0.3 is 15.2 Å². The summed E-state index contributed by atoms with van der Waals surface area (Å²) < 4.78 is 10.8. The second-order valence-electron chi connectivity index (χ2n) is 4.55. The van der Waals surface area contributed by atoms with Crippen LogP contribution in [0.25, 0.3) is 0 Å². The van der Waals surface area contributed by atoms with Crippen LogP contribution in [-0.4, -0.2) is 26.6 Å². The van der Waals surface area contributed by atoms with Gasteiger partial charge in [-0.15, -0.1) is 0 Å². The van der Waals surface area contributed by atoms with Crippen LogP contribution in [0, 0.1) is 0 Å². The minimum atomic E-state index is 0.463. The number of hydrogen-bond donors (Lipinski definition) is 1. The van der Waals surface area contributed by atoms with E-state index in [0.29, 0.717) is 6.79 Å². The molecule has 3 nitrogen and oxygen atoms in total. The van der Waals surface area contributed by atoms with Crippen LogP contribution in [-0.2, 0) is 9.47 Å². The van der Waals surface area contributed by atoms with Gasteiger partial charge in [0.25, 0.3) is 0 Å². The molecule has 104 valence electrons. The normalized spacial score (nSPS) is 10.9. The lowest BCUT2D eigenvalue weighted by Crippen LogP contribution is -2.03. The molecule has 0 atom stereocenters. The molecule has 0 aromatic rings. The fourth-order valence-electron chi connectivity index (χ4n) is 1.69. The first-order valence-electron chi connectivity index (χ1n) is 7.27. The van der Waals surface area contributed by atoms with Gasteiger partial charge in [0.05, 0.1) is 0 Å². The van der Waals surface area contributed by atoms with Gasteiger partial charge in [0.2, 0.25) is 0 Å². The standard InChI is InChI=1S/C14H31NO2/c1-2-3-4-6-9-12-16-14-17-13-10-7-5-8-11-15/h2-15H2,1H3. The highest BCUT2D eigenvalue weighted by Gasteiger charge is 1.92. The predicted molar refractivity (Wildman–Crippen MR) is 73.1 cm³/mol. The minimum absolute atomic E-state index is 0.463. The number of rotatable bonds is 14. The first-order valence-corrected chi connectivity index (χ1v) is 7.27. The van der Waals surface area contributed by atoms with E-state index in [0.717, 1.165) is 32.6 Å². The summed E-state index contributed by atoms with van der Waals surface area (Å²) in [6, 6.07) is 0. The highest BCUT2D eigenvalue weighted by molar-refractivity contribution is 4.43. The van der Waals surface area contributed by atoms with Crippen LogP contribution in [0.5, 0.6) is 0 Å². The zero-order chi connectivity index (χ0) is 12.6. The molecule has 0 rings (SSSR count). The quantitative estimate of drug-likeness (QED) is 0.376. The van der Waals surface area contributed by atoms with Crippen LogP contribution in [0.2, 0.25) is 0 Å². The van der Waals surface area contributed by atoms with Gasteiger partial charge in [-0.2, -0.15) is 0 Å². The Kier molecular flexibility index (Phi) is 15.8. The summed E-state index contributed by atoms with van der Waals surface area (Å²) in [5.74, 6) is 0. The van der Waals surface area contributed by atoms with E-state index in [-0.39, 0.29) is 0 Å². The van der Waals surface area contributed by atoms with E-state index in [9.17, 15) is 0 Å². The van der Waals surface area contributed by atoms with Gasteiger partial charge in [-0.25, -0.2) is 0 Å². The third-order valence-electron chi connectivity index (χ3n) is 2.80. The van der Waals surface area contributed by atoms with Crippen molar-refractivity contribution in [2.75, 3.05) is 26.6 Å². The Morgan fingerprint density at radius 1 is 0.706 bits per heavy atom. The molecule has 0 amide bonds. The molecule has 0 bridgehead atoms. The molecule has 0 radical (unpaired) electrons. The Labute approximate surface area is 107 Å². The van der Waals surface area contributed by atoms with Crippen molar-refractivity contribution in [1.29, 1.82) is 0 Å². The van der Waals surface area contributed by atoms with Crippen molar-refractivity contribution < 1.29 is 9.47 Å². The van der Waals surface area contributed by atoms with Crippen LogP contribution in [0.4, 0.5) is 0 Å². The van der Waals surface area contributed by atoms with Crippen molar-refractivity contribution in [1.82, 2.24) is 0 Å². The molecule has 0 saturated carbocycles. The summed E-state index contributed by atoms with van der Waals surface area (Å²) in [6.07, 6.45) is 11.1. The monoisotopic (exact) mass is 245 g/mol. The fraction of sp³-hybridized carbons (Fsp3) is 1.00. The van der Waals surface area contributed by atoms with Gasteiger partial charge >= 0.3 is 0 Å². The first-order chi connectivity index (χ1) is 8.41. The Morgan fingerprint density at radius 3 is 1.76 bits per heavy atom. The zero-order valence-corrected chi connectivity index (χ0v) is 11.6. The number of ether oxygens (including phenoxy) is 2. The molecule has 0 spiro atoms. The Morgan fingerprint density at radius 2 is 1.24 bits per heavy atom. The molecule has 0 fully saturated rings. The summed E-state index contributed by atoms with van der Waals surface area (Å²) >= 11 is 0. The summed E-state index contributed by atoms with van der Waals surface area (Å²) in [5.41, 5.74) is 5.42. The van der Waals surface area contributed by atoms with Crippen molar-refractivity contribution in [2.45, 2.75) is 64.7 Å². The maximum absolute atomic E-state index is 5.42. The number of hydrogen-bond acceptors (Lipinski definition) is 3. The summed E-state index contributed by atoms with van der Waals surface area (Å²) in [6.45, 7) is 5.17. The van der Waals surface area contributed by atoms with E-state index in [2.05, 4.69) is 6.92 Å². The summed E-state index contributed by atoms with van der Waals surface area (Å²) in [4.78, 5) is 0. The SMILES string of the molecule is CCCCCCCOCOCCCCCCN. The zero-order valence-electron chi connectivity index (χ0n) is 11.6. The van der Waals surface area contributed by atoms with Crippen LogP contribution < -0.4 is 5.73 Å². The van der Waals surface area contributed by atoms with Crippen LogP contribution in [0.1, 0.15) is 64.7 Å². The van der Waals surface area contributed by atoms with Crippen molar-refractivity contribution in [3.05, 3.63) is 0 Å². The van der Waals surface area contributed by atoms with E-state index < -0.39 is 0 Å². The Hall–Kier alpha value is -0.120. The summed E-state index contributed by atoms with van der Waals surface area (Å²) in [5, 5.41) is 0. The van der Waals surface area contributed by atoms with Crippen molar-refractivity contribution >= 4 is 0 Å². The van der Waals surface area contributed by atoms with Gasteiger partial charge in [0, 0.05) is 13.2 Å². The molecular formula is C14H31NO2. The lowest BCUT2D eigenvalue weighted by molar-refractivity contribution is -0.0555. The molecule has 0 aromatic heterocycles. The third kappa shape index (κ3) is 15.9. The second-order valence-corrected chi connectivity index (χ2v) is 4.55. The molecule has 0 aliphatic rings. The molecule has 0 aromatic carbocycles. The average Bonchev–Trinajstić information content (AvgIpc) is 2.35. The fourth-order valence-corrected chi connectivity index (χ4v) is 1.69. The molecule has 0 unspecified atom stereocenters. The molecule has 3 heteroatoms. The van der Waals surface area contributed by atoms with Gasteiger partial charge in [0.1, 0.15) is 6.79 Å². The lowest BCUT2D eigenvalue weighted by Gasteiger charge is -2.05. The Balaban J connectivity index is 2.85. The summed E-state index contributed by atoms with van der Waals surface area (Å²) in [7, 11) is 0. The highest BCUT2D eigenvalue weighted by Crippen LogP contribution is 2.02. The van der Waals surface area contributed by atoms with Crippen molar-refractivity contribution in [3.63, 3.8) is 0 Å². The highest BCUT2D eigenvalue weighted by atomic mass is 16.7. The maximum Gasteiger partial charge on any atom is 0.146 e. The lowest BCUT2D eigenvalue weighted by atomic mass is 10.2. The third-order valence-corrected chi connectivity index (χ3v) is 2.80. The Bertz CT molecular complexity index is 117. The molecule has 0 aliphatic heterocycles. The second kappa shape index (κ2) is 15.9. The average molecular weight is 245 g/mol. The van der Waals surface area contributed by atoms with Crippen LogP contribution in [0.3, 0.4) is 0 Å². The minimum Gasteiger partial charge on any atom is -0.355 e. The molecule has 17 heavy (non-hydrogen) atoms. The van der Waals surface area contributed by atoms with E-state index in [1.165, 1.54) is 44.9 Å². The molecule has 0 saturated heterocycles. The van der Waals surface area contributed by atoms with E-state index in [1.54, 1.807) is 0 Å². The van der Waals surface area contributed by atoms with Gasteiger partial charge in [-0.3, -0.25) is 0 Å². The van der Waals surface area contributed by atoms with Gasteiger partial charge in [-0.05, 0) is 25.8 Å². The number of nitrogens with two attached hydrogens (primary N) is 1. The molecule has 0 heterocycles. The smallest absolute Gasteiger partial charge is 0.146 e. The predicted octanol–water partition coefficient (Wildman–Crippen LogP) is 3.47. The maximum atomic E-state index is 5.42. The topological polar surface area (TPSA) is 44.5 Å². The first kappa shape index (κ1) is 16.9. The largest absolute Gasteiger partial charge is 0.355 e. The van der Waals surface area contributed by atoms with Crippen LogP contribution >= 0.6 is 0 Å². The van der Waals surface area contributed by atoms with E-state index >= 15 is 0 Å². The van der Waals surface area contributed by atoms with Crippen molar-refractivity contribution in [2.24, 2.45) is 5.73 Å². The van der Waals surface area contributed by atoms with Crippen LogP contribution in [0.15, 0.2) is 0 Å². The molecular weight excluding hydrogens is 214 g/mol. The van der Waals surface area contributed by atoms with Gasteiger partial charge in [0.15, 0.2) is 0 Å². The van der Waals surface area contributed by atoms with E-state index in [1.807, 2.05) is 0 Å². The van der Waals surface area contributed by atoms with Gasteiger partial charge in [-0.1, -0.05) is 45.4 Å². The number of unbranched alkanes of at least 4 members (excludes halogenated alkanes) is 7. The molecule has 0 aliphatic carbocycles.